The number of allylic oxidation sites excluding steroid dienone is 1. The van der Waals surface area contributed by atoms with Gasteiger partial charge < -0.3 is 9.47 Å². The molecular formula is C22H33NO4. The highest BCUT2D eigenvalue weighted by atomic mass is 16.5. The van der Waals surface area contributed by atoms with Crippen LogP contribution in [0.15, 0.2) is 5.57 Å². The van der Waals surface area contributed by atoms with Gasteiger partial charge in [-0.15, -0.1) is 0 Å². The number of ether oxygens (including phenoxy) is 2. The van der Waals surface area contributed by atoms with Crippen LogP contribution in [0, 0.1) is 19.8 Å². The van der Waals surface area contributed by atoms with Crippen LogP contribution in [0.2, 0.25) is 0 Å². The number of nitrogens with zero attached hydrogens (tertiary/aromatic N) is 1. The maximum atomic E-state index is 12.6. The van der Waals surface area contributed by atoms with E-state index in [1.54, 1.807) is 27.7 Å². The molecule has 0 saturated heterocycles. The highest BCUT2D eigenvalue weighted by Crippen LogP contribution is 2.26. The lowest BCUT2D eigenvalue weighted by atomic mass is 9.95. The molecule has 1 aromatic heterocycles. The maximum Gasteiger partial charge on any atom is 0.340 e. The summed E-state index contributed by atoms with van der Waals surface area (Å²) in [7, 11) is 0. The Morgan fingerprint density at radius 1 is 1.00 bits per heavy atom. The minimum absolute atomic E-state index is 0.261. The molecule has 0 saturated carbocycles. The Morgan fingerprint density at radius 3 is 1.89 bits per heavy atom. The van der Waals surface area contributed by atoms with Crippen molar-refractivity contribution in [1.29, 1.82) is 0 Å². The molecule has 0 spiro atoms. The summed E-state index contributed by atoms with van der Waals surface area (Å²) >= 11 is 0. The maximum absolute atomic E-state index is 12.6. The van der Waals surface area contributed by atoms with Crippen molar-refractivity contribution in [2.24, 2.45) is 5.92 Å². The van der Waals surface area contributed by atoms with E-state index in [-0.39, 0.29) is 13.2 Å². The lowest BCUT2D eigenvalue weighted by molar-refractivity contribution is 0.0522. The standard InChI is InChI=1S/C22H33NO4/c1-8-26-21(24)19-16(6)23-17(7)20(22(25)27-9-2)18(19)13-15(5)12-10-11-14(3)4/h13-14H,8-12H2,1-7H3. The topological polar surface area (TPSA) is 65.5 Å². The van der Waals surface area contributed by atoms with Crippen molar-refractivity contribution in [2.75, 3.05) is 13.2 Å². The van der Waals surface area contributed by atoms with Crippen molar-refractivity contribution in [3.8, 4) is 0 Å². The molecule has 0 radical (unpaired) electrons. The lowest BCUT2D eigenvalue weighted by Crippen LogP contribution is -2.18. The first kappa shape index (κ1) is 22.9. The fraction of sp³-hybridized carbons (Fsp3) is 0.591. The predicted octanol–water partition coefficient (Wildman–Crippen LogP) is 5.28. The molecule has 0 N–H and O–H groups in total. The summed E-state index contributed by atoms with van der Waals surface area (Å²) in [6.07, 6.45) is 5.02. The number of hydrogen-bond acceptors (Lipinski definition) is 5. The number of carbonyl (C=O) groups is 2. The summed E-state index contributed by atoms with van der Waals surface area (Å²) in [5, 5.41) is 0. The van der Waals surface area contributed by atoms with Crippen molar-refractivity contribution in [3.05, 3.63) is 33.7 Å². The van der Waals surface area contributed by atoms with Gasteiger partial charge in [-0.2, -0.15) is 0 Å². The average Bonchev–Trinajstić information content (AvgIpc) is 2.54. The van der Waals surface area contributed by atoms with Crippen molar-refractivity contribution in [2.45, 2.75) is 67.7 Å². The fourth-order valence-corrected chi connectivity index (χ4v) is 3.05. The first-order chi connectivity index (χ1) is 12.7. The van der Waals surface area contributed by atoms with Crippen molar-refractivity contribution in [1.82, 2.24) is 4.98 Å². The molecule has 0 aromatic carbocycles. The zero-order valence-electron chi connectivity index (χ0n) is 17.8. The second-order valence-corrected chi connectivity index (χ2v) is 7.16. The molecule has 0 atom stereocenters. The van der Waals surface area contributed by atoms with Gasteiger partial charge in [0.2, 0.25) is 0 Å². The fourth-order valence-electron chi connectivity index (χ4n) is 3.05. The predicted molar refractivity (Wildman–Crippen MR) is 108 cm³/mol. The molecule has 5 heteroatoms. The highest BCUT2D eigenvalue weighted by Gasteiger charge is 2.25. The van der Waals surface area contributed by atoms with Crippen LogP contribution in [0.3, 0.4) is 0 Å². The number of esters is 2. The SMILES string of the molecule is CCOC(=O)c1c(C)nc(C)c(C(=O)OCC)c1C=C(C)CCCC(C)C. The molecule has 0 fully saturated rings. The molecule has 0 unspecified atom stereocenters. The van der Waals surface area contributed by atoms with E-state index in [4.69, 9.17) is 9.47 Å². The second-order valence-electron chi connectivity index (χ2n) is 7.16. The largest absolute Gasteiger partial charge is 0.462 e. The summed E-state index contributed by atoms with van der Waals surface area (Å²) in [5.41, 5.74) is 3.46. The zero-order chi connectivity index (χ0) is 20.6. The van der Waals surface area contributed by atoms with Gasteiger partial charge in [0.25, 0.3) is 0 Å². The van der Waals surface area contributed by atoms with E-state index >= 15 is 0 Å². The molecule has 0 bridgehead atoms. The third-order valence-electron chi connectivity index (χ3n) is 4.30. The summed E-state index contributed by atoms with van der Waals surface area (Å²) in [5.74, 6) is -0.281. The molecule has 0 aliphatic rings. The Bertz CT molecular complexity index is 663. The normalized spacial score (nSPS) is 11.6. The van der Waals surface area contributed by atoms with Gasteiger partial charge in [0, 0.05) is 5.56 Å². The molecule has 0 amide bonds. The number of aryl methyl sites for hydroxylation is 2. The molecule has 0 aliphatic heterocycles. The number of pyridine rings is 1. The summed E-state index contributed by atoms with van der Waals surface area (Å²) in [4.78, 5) is 29.5. The van der Waals surface area contributed by atoms with Crippen molar-refractivity contribution >= 4 is 18.0 Å². The highest BCUT2D eigenvalue weighted by molar-refractivity contribution is 6.02. The van der Waals surface area contributed by atoms with Crippen LogP contribution in [-0.2, 0) is 9.47 Å². The first-order valence-corrected chi connectivity index (χ1v) is 9.75. The van der Waals surface area contributed by atoms with Gasteiger partial charge in [0.05, 0.1) is 35.7 Å². The monoisotopic (exact) mass is 375 g/mol. The van der Waals surface area contributed by atoms with Gasteiger partial charge in [-0.25, -0.2) is 9.59 Å². The van der Waals surface area contributed by atoms with Crippen LogP contribution >= 0.6 is 0 Å². The van der Waals surface area contributed by atoms with Gasteiger partial charge >= 0.3 is 11.9 Å². The summed E-state index contributed by atoms with van der Waals surface area (Å²) < 4.78 is 10.4. The third-order valence-corrected chi connectivity index (χ3v) is 4.30. The summed E-state index contributed by atoms with van der Waals surface area (Å²) in [6, 6.07) is 0. The van der Waals surface area contributed by atoms with Gasteiger partial charge in [0.15, 0.2) is 0 Å². The number of aromatic nitrogens is 1. The smallest absolute Gasteiger partial charge is 0.340 e. The van der Waals surface area contributed by atoms with Gasteiger partial charge in [0.1, 0.15) is 0 Å². The van der Waals surface area contributed by atoms with E-state index in [1.807, 2.05) is 13.0 Å². The molecule has 1 heterocycles. The van der Waals surface area contributed by atoms with Crippen LogP contribution in [0.25, 0.3) is 6.08 Å². The Morgan fingerprint density at radius 2 is 1.48 bits per heavy atom. The van der Waals surface area contributed by atoms with Crippen LogP contribution in [0.4, 0.5) is 0 Å². The van der Waals surface area contributed by atoms with Crippen LogP contribution in [-0.4, -0.2) is 30.1 Å². The van der Waals surface area contributed by atoms with E-state index in [0.717, 1.165) is 24.8 Å². The van der Waals surface area contributed by atoms with Gasteiger partial charge in [-0.1, -0.05) is 31.9 Å². The Kier molecular flexibility index (Phi) is 9.19. The third kappa shape index (κ3) is 6.49. The quantitative estimate of drug-likeness (QED) is 0.549. The zero-order valence-corrected chi connectivity index (χ0v) is 17.8. The van der Waals surface area contributed by atoms with Gasteiger partial charge in [-0.05, 0) is 53.4 Å². The van der Waals surface area contributed by atoms with Gasteiger partial charge in [-0.3, -0.25) is 4.98 Å². The molecule has 27 heavy (non-hydrogen) atoms. The van der Waals surface area contributed by atoms with E-state index in [0.29, 0.717) is 34.0 Å². The first-order valence-electron chi connectivity index (χ1n) is 9.75. The van der Waals surface area contributed by atoms with Crippen LogP contribution in [0.1, 0.15) is 91.5 Å². The Hall–Kier alpha value is -2.17. The van der Waals surface area contributed by atoms with Crippen molar-refractivity contribution in [3.63, 3.8) is 0 Å². The molecule has 1 aromatic rings. The molecule has 1 rings (SSSR count). The van der Waals surface area contributed by atoms with Crippen LogP contribution in [0.5, 0.6) is 0 Å². The van der Waals surface area contributed by atoms with Crippen molar-refractivity contribution < 1.29 is 19.1 Å². The number of hydrogen-bond donors (Lipinski definition) is 0. The van der Waals surface area contributed by atoms with E-state index in [1.165, 1.54) is 0 Å². The number of rotatable bonds is 9. The lowest BCUT2D eigenvalue weighted by Gasteiger charge is -2.16. The van der Waals surface area contributed by atoms with E-state index < -0.39 is 11.9 Å². The molecule has 0 aliphatic carbocycles. The second kappa shape index (κ2) is 10.9. The molecule has 150 valence electrons. The minimum Gasteiger partial charge on any atom is -0.462 e. The minimum atomic E-state index is -0.464. The van der Waals surface area contributed by atoms with E-state index in [2.05, 4.69) is 18.8 Å². The Balaban J connectivity index is 3.49. The van der Waals surface area contributed by atoms with Crippen LogP contribution < -0.4 is 0 Å². The molecule has 5 nitrogen and oxygen atoms in total. The Labute approximate surface area is 163 Å². The molecular weight excluding hydrogens is 342 g/mol. The number of carbonyl (C=O) groups excluding carboxylic acids is 2. The van der Waals surface area contributed by atoms with E-state index in [9.17, 15) is 9.59 Å². The summed E-state index contributed by atoms with van der Waals surface area (Å²) in [6.45, 7) is 14.0. The average molecular weight is 376 g/mol.